The van der Waals surface area contributed by atoms with Crippen LogP contribution >= 0.6 is 12.2 Å². The highest BCUT2D eigenvalue weighted by Gasteiger charge is 2.23. The van der Waals surface area contributed by atoms with Gasteiger partial charge in [-0.2, -0.15) is 0 Å². The van der Waals surface area contributed by atoms with Crippen molar-refractivity contribution >= 4 is 34.8 Å². The summed E-state index contributed by atoms with van der Waals surface area (Å²) in [5, 5.41) is 8.69. The number of ether oxygens (including phenoxy) is 1. The molecule has 0 heterocycles. The molecular weight excluding hydrogens is 422 g/mol. The molecule has 164 valence electrons. The Balaban J connectivity index is 1.69. The molecule has 7 heteroatoms. The van der Waals surface area contributed by atoms with Crippen LogP contribution in [0.5, 0.6) is 0 Å². The first-order valence-electron chi connectivity index (χ1n) is 10.2. The second-order valence-corrected chi connectivity index (χ2v) is 7.44. The zero-order valence-electron chi connectivity index (χ0n) is 17.7. The maximum absolute atomic E-state index is 13.2. The van der Waals surface area contributed by atoms with Crippen molar-refractivity contribution in [2.75, 3.05) is 25.6 Å². The zero-order valence-corrected chi connectivity index (χ0v) is 18.5. The van der Waals surface area contributed by atoms with E-state index in [4.69, 9.17) is 17.0 Å². The molecule has 32 heavy (non-hydrogen) atoms. The molecule has 2 amide bonds. The smallest absolute Gasteiger partial charge is 0.251 e. The number of carbonyl (C=O) groups is 2. The van der Waals surface area contributed by atoms with Gasteiger partial charge in [-0.25, -0.2) is 0 Å². The van der Waals surface area contributed by atoms with Crippen LogP contribution in [-0.2, 0) is 9.53 Å². The molecule has 0 aromatic heterocycles. The van der Waals surface area contributed by atoms with Crippen molar-refractivity contribution in [2.24, 2.45) is 0 Å². The van der Waals surface area contributed by atoms with E-state index in [1.165, 1.54) is 0 Å². The third-order valence-electron chi connectivity index (χ3n) is 4.74. The summed E-state index contributed by atoms with van der Waals surface area (Å²) in [7, 11) is 1.58. The second-order valence-electron chi connectivity index (χ2n) is 7.03. The summed E-state index contributed by atoms with van der Waals surface area (Å²) < 4.78 is 4.94. The van der Waals surface area contributed by atoms with Gasteiger partial charge in [0.25, 0.3) is 5.91 Å². The standard InChI is InChI=1S/C25H25N3O3S/c1-31-16-15-26-23(29)20-13-8-14-21(17-20)27-25(32)28-24(30)22(18-9-4-2-5-10-18)19-11-6-3-7-12-19/h2-14,17,22H,15-16H2,1H3,(H,26,29)(H2,27,28,30,32). The van der Waals surface area contributed by atoms with Crippen LogP contribution in [0.1, 0.15) is 27.4 Å². The molecule has 0 aliphatic rings. The van der Waals surface area contributed by atoms with Crippen LogP contribution < -0.4 is 16.0 Å². The first-order valence-corrected chi connectivity index (χ1v) is 10.6. The Morgan fingerprint density at radius 3 is 2.12 bits per heavy atom. The summed E-state index contributed by atoms with van der Waals surface area (Å²) in [5.74, 6) is -0.961. The summed E-state index contributed by atoms with van der Waals surface area (Å²) in [6.45, 7) is 0.853. The van der Waals surface area contributed by atoms with E-state index in [-0.39, 0.29) is 16.9 Å². The van der Waals surface area contributed by atoms with Gasteiger partial charge in [0.15, 0.2) is 5.11 Å². The van der Waals surface area contributed by atoms with Crippen molar-refractivity contribution in [1.82, 2.24) is 10.6 Å². The van der Waals surface area contributed by atoms with Crippen LogP contribution in [0.4, 0.5) is 5.69 Å². The van der Waals surface area contributed by atoms with E-state index in [1.807, 2.05) is 60.7 Å². The van der Waals surface area contributed by atoms with Gasteiger partial charge in [0.1, 0.15) is 0 Å². The molecule has 3 aromatic rings. The molecule has 0 radical (unpaired) electrons. The summed E-state index contributed by atoms with van der Waals surface area (Å²) in [4.78, 5) is 25.4. The lowest BCUT2D eigenvalue weighted by molar-refractivity contribution is -0.120. The number of methoxy groups -OCH3 is 1. The van der Waals surface area contributed by atoms with Crippen LogP contribution in [0.2, 0.25) is 0 Å². The molecule has 0 bridgehead atoms. The second kappa shape index (κ2) is 11.7. The van der Waals surface area contributed by atoms with Gasteiger partial charge in [0.05, 0.1) is 12.5 Å². The van der Waals surface area contributed by atoms with Crippen molar-refractivity contribution in [3.05, 3.63) is 102 Å². The lowest BCUT2D eigenvalue weighted by Crippen LogP contribution is -2.38. The predicted octanol–water partition coefficient (Wildman–Crippen LogP) is 3.71. The molecule has 0 spiro atoms. The van der Waals surface area contributed by atoms with E-state index in [0.29, 0.717) is 24.4 Å². The largest absolute Gasteiger partial charge is 0.383 e. The normalized spacial score (nSPS) is 10.4. The average Bonchev–Trinajstić information content (AvgIpc) is 2.81. The monoisotopic (exact) mass is 447 g/mol. The highest BCUT2D eigenvalue weighted by atomic mass is 32.1. The van der Waals surface area contributed by atoms with E-state index >= 15 is 0 Å². The third-order valence-corrected chi connectivity index (χ3v) is 4.94. The van der Waals surface area contributed by atoms with Gasteiger partial charge in [-0.3, -0.25) is 9.59 Å². The molecule has 3 rings (SSSR count). The Bertz CT molecular complexity index is 1020. The van der Waals surface area contributed by atoms with Gasteiger partial charge in [-0.1, -0.05) is 66.7 Å². The molecule has 0 saturated carbocycles. The molecule has 0 aliphatic carbocycles. The number of hydrogen-bond acceptors (Lipinski definition) is 4. The average molecular weight is 448 g/mol. The molecule has 0 atom stereocenters. The number of nitrogens with one attached hydrogen (secondary N) is 3. The molecule has 6 nitrogen and oxygen atoms in total. The Labute approximate surface area is 193 Å². The van der Waals surface area contributed by atoms with Gasteiger partial charge in [0, 0.05) is 24.9 Å². The molecule has 0 aliphatic heterocycles. The molecule has 3 N–H and O–H groups in total. The fourth-order valence-electron chi connectivity index (χ4n) is 3.24. The SMILES string of the molecule is COCCNC(=O)c1cccc(NC(=S)NC(=O)C(c2ccccc2)c2ccccc2)c1. The van der Waals surface area contributed by atoms with E-state index in [9.17, 15) is 9.59 Å². The lowest BCUT2D eigenvalue weighted by Gasteiger charge is -2.19. The van der Waals surface area contributed by atoms with Crippen LogP contribution in [0.15, 0.2) is 84.9 Å². The maximum atomic E-state index is 13.2. The summed E-state index contributed by atoms with van der Waals surface area (Å²) in [6, 6.07) is 26.0. The van der Waals surface area contributed by atoms with E-state index in [1.54, 1.807) is 31.4 Å². The van der Waals surface area contributed by atoms with Crippen LogP contribution in [0, 0.1) is 0 Å². The molecule has 0 unspecified atom stereocenters. The fourth-order valence-corrected chi connectivity index (χ4v) is 3.46. The Hall–Kier alpha value is -3.55. The van der Waals surface area contributed by atoms with Crippen molar-refractivity contribution < 1.29 is 14.3 Å². The first-order chi connectivity index (χ1) is 15.6. The van der Waals surface area contributed by atoms with E-state index in [0.717, 1.165) is 11.1 Å². The van der Waals surface area contributed by atoms with Crippen LogP contribution in [-0.4, -0.2) is 37.2 Å². The highest BCUT2D eigenvalue weighted by molar-refractivity contribution is 7.80. The van der Waals surface area contributed by atoms with Gasteiger partial charge in [-0.05, 0) is 41.5 Å². The van der Waals surface area contributed by atoms with Gasteiger partial charge in [-0.15, -0.1) is 0 Å². The first kappa shape index (κ1) is 23.1. The van der Waals surface area contributed by atoms with Crippen molar-refractivity contribution in [2.45, 2.75) is 5.92 Å². The minimum Gasteiger partial charge on any atom is -0.383 e. The third kappa shape index (κ3) is 6.47. The Morgan fingerprint density at radius 1 is 0.906 bits per heavy atom. The number of anilines is 1. The maximum Gasteiger partial charge on any atom is 0.251 e. The topological polar surface area (TPSA) is 79.5 Å². The van der Waals surface area contributed by atoms with Gasteiger partial charge < -0.3 is 20.7 Å². The molecule has 0 saturated heterocycles. The summed E-state index contributed by atoms with van der Waals surface area (Å²) in [5.41, 5.74) is 2.82. The van der Waals surface area contributed by atoms with Crippen LogP contribution in [0.3, 0.4) is 0 Å². The number of carbonyl (C=O) groups excluding carboxylic acids is 2. The van der Waals surface area contributed by atoms with Crippen molar-refractivity contribution in [1.29, 1.82) is 0 Å². The van der Waals surface area contributed by atoms with Gasteiger partial charge in [0.2, 0.25) is 5.91 Å². The number of amides is 2. The molecular formula is C25H25N3O3S. The summed E-state index contributed by atoms with van der Waals surface area (Å²) >= 11 is 5.37. The highest BCUT2D eigenvalue weighted by Crippen LogP contribution is 2.24. The Kier molecular flexibility index (Phi) is 8.48. The minimum atomic E-state index is -0.505. The zero-order chi connectivity index (χ0) is 22.8. The predicted molar refractivity (Wildman–Crippen MR) is 130 cm³/mol. The van der Waals surface area contributed by atoms with Crippen molar-refractivity contribution in [3.8, 4) is 0 Å². The number of benzene rings is 3. The quantitative estimate of drug-likeness (QED) is 0.362. The Morgan fingerprint density at radius 2 is 1.53 bits per heavy atom. The minimum absolute atomic E-state index is 0.156. The number of rotatable bonds is 8. The molecule has 0 fully saturated rings. The molecule has 3 aromatic carbocycles. The summed E-state index contributed by atoms with van der Waals surface area (Å²) in [6.07, 6.45) is 0. The fraction of sp³-hybridized carbons (Fsp3) is 0.160. The lowest BCUT2D eigenvalue weighted by atomic mass is 9.90. The van der Waals surface area contributed by atoms with E-state index in [2.05, 4.69) is 16.0 Å². The van der Waals surface area contributed by atoms with Crippen LogP contribution in [0.25, 0.3) is 0 Å². The number of hydrogen-bond donors (Lipinski definition) is 3. The number of thiocarbonyl (C=S) groups is 1. The van der Waals surface area contributed by atoms with E-state index < -0.39 is 5.92 Å². The van der Waals surface area contributed by atoms with Gasteiger partial charge >= 0.3 is 0 Å². The van der Waals surface area contributed by atoms with Crippen molar-refractivity contribution in [3.63, 3.8) is 0 Å².